The Labute approximate surface area is 164 Å². The van der Waals surface area contributed by atoms with Crippen molar-refractivity contribution in [1.29, 1.82) is 0 Å². The third-order valence-corrected chi connectivity index (χ3v) is 4.77. The van der Waals surface area contributed by atoms with Crippen LogP contribution in [0.3, 0.4) is 0 Å². The van der Waals surface area contributed by atoms with Gasteiger partial charge in [0.1, 0.15) is 11.3 Å². The van der Waals surface area contributed by atoms with Crippen LogP contribution in [0.4, 0.5) is 15.9 Å². The van der Waals surface area contributed by atoms with Crippen molar-refractivity contribution in [2.24, 2.45) is 0 Å². The van der Waals surface area contributed by atoms with E-state index < -0.39 is 5.82 Å². The summed E-state index contributed by atoms with van der Waals surface area (Å²) >= 11 is 0. The minimum Gasteiger partial charge on any atom is -0.381 e. The molecule has 0 aliphatic carbocycles. The molecular formula is C22H13FN6. The summed E-state index contributed by atoms with van der Waals surface area (Å²) in [6, 6.07) is 13.9. The van der Waals surface area contributed by atoms with E-state index in [1.807, 2.05) is 12.1 Å². The van der Waals surface area contributed by atoms with Crippen LogP contribution in [0.15, 0.2) is 67.1 Å². The van der Waals surface area contributed by atoms with Gasteiger partial charge in [0, 0.05) is 29.5 Å². The Morgan fingerprint density at radius 3 is 2.62 bits per heavy atom. The topological polar surface area (TPSA) is 73.5 Å². The molecule has 0 unspecified atom stereocenters. The number of imidazole rings is 1. The molecule has 0 atom stereocenters. The number of aromatic nitrogens is 4. The largest absolute Gasteiger partial charge is 0.381 e. The normalized spacial score (nSPS) is 11.0. The maximum Gasteiger partial charge on any atom is 0.187 e. The van der Waals surface area contributed by atoms with Crippen molar-refractivity contribution in [2.75, 3.05) is 5.73 Å². The molecule has 29 heavy (non-hydrogen) atoms. The van der Waals surface area contributed by atoms with Crippen molar-refractivity contribution in [3.8, 4) is 22.5 Å². The van der Waals surface area contributed by atoms with Gasteiger partial charge in [-0.2, -0.15) is 0 Å². The number of benzene rings is 2. The molecule has 7 heteroatoms. The molecule has 138 valence electrons. The fourth-order valence-corrected chi connectivity index (χ4v) is 3.47. The van der Waals surface area contributed by atoms with E-state index in [0.29, 0.717) is 39.2 Å². The van der Waals surface area contributed by atoms with Gasteiger partial charge in [0.15, 0.2) is 17.2 Å². The Hall–Kier alpha value is -4.31. The van der Waals surface area contributed by atoms with Gasteiger partial charge in [-0.05, 0) is 23.8 Å². The summed E-state index contributed by atoms with van der Waals surface area (Å²) in [4.78, 5) is 16.4. The van der Waals surface area contributed by atoms with E-state index >= 15 is 0 Å². The Bertz CT molecular complexity index is 1430. The quantitative estimate of drug-likeness (QED) is 0.443. The highest BCUT2D eigenvalue weighted by Gasteiger charge is 2.18. The average molecular weight is 380 g/mol. The van der Waals surface area contributed by atoms with Crippen molar-refractivity contribution < 1.29 is 4.39 Å². The number of anilines is 1. The lowest BCUT2D eigenvalue weighted by Crippen LogP contribution is -2.04. The lowest BCUT2D eigenvalue weighted by Gasteiger charge is -2.14. The van der Waals surface area contributed by atoms with Crippen LogP contribution in [-0.2, 0) is 0 Å². The summed E-state index contributed by atoms with van der Waals surface area (Å²) in [7, 11) is 0. The second-order valence-corrected chi connectivity index (χ2v) is 6.51. The van der Waals surface area contributed by atoms with Gasteiger partial charge < -0.3 is 5.73 Å². The first-order valence-electron chi connectivity index (χ1n) is 8.81. The molecule has 0 aliphatic heterocycles. The number of rotatable bonds is 2. The van der Waals surface area contributed by atoms with E-state index in [2.05, 4.69) is 19.8 Å². The highest BCUT2D eigenvalue weighted by molar-refractivity contribution is 5.89. The van der Waals surface area contributed by atoms with E-state index in [-0.39, 0.29) is 5.82 Å². The maximum atomic E-state index is 14.8. The minimum atomic E-state index is -0.419. The number of nitrogens with two attached hydrogens (primary N) is 1. The number of hydrogen-bond acceptors (Lipinski definition) is 4. The van der Waals surface area contributed by atoms with Crippen LogP contribution in [0.5, 0.6) is 0 Å². The standard InChI is InChI=1S/C22H13FN6/c1-25-16-6-4-13(5-7-16)19-20(29-10-9-27-22(29)21(24)28-19)15-11-14-3-2-8-26-18(14)17(23)12-15/h2-12H,(H2,24,28). The Balaban J connectivity index is 1.86. The van der Waals surface area contributed by atoms with Gasteiger partial charge in [-0.25, -0.2) is 19.2 Å². The van der Waals surface area contributed by atoms with E-state index in [1.54, 1.807) is 53.3 Å². The fraction of sp³-hybridized carbons (Fsp3) is 0. The molecule has 0 aliphatic rings. The van der Waals surface area contributed by atoms with Crippen LogP contribution in [-0.4, -0.2) is 19.4 Å². The van der Waals surface area contributed by atoms with Crippen LogP contribution < -0.4 is 5.73 Å². The average Bonchev–Trinajstić information content (AvgIpc) is 3.24. The number of pyridine rings is 1. The molecule has 5 rings (SSSR count). The van der Waals surface area contributed by atoms with Crippen molar-refractivity contribution in [3.63, 3.8) is 0 Å². The summed E-state index contributed by atoms with van der Waals surface area (Å²) in [6.07, 6.45) is 4.96. The number of nitrogen functional groups attached to an aromatic ring is 1. The summed E-state index contributed by atoms with van der Waals surface area (Å²) in [5.41, 5.74) is 10.1. The summed E-state index contributed by atoms with van der Waals surface area (Å²) < 4.78 is 16.6. The van der Waals surface area contributed by atoms with Crippen molar-refractivity contribution in [1.82, 2.24) is 19.4 Å². The molecule has 0 saturated heterocycles. The molecular weight excluding hydrogens is 367 g/mol. The molecule has 2 aromatic carbocycles. The van der Waals surface area contributed by atoms with Crippen LogP contribution in [0.25, 0.3) is 43.9 Å². The molecule has 3 heterocycles. The summed E-state index contributed by atoms with van der Waals surface area (Å²) in [5, 5.41) is 0.682. The van der Waals surface area contributed by atoms with E-state index in [4.69, 9.17) is 12.3 Å². The fourth-order valence-electron chi connectivity index (χ4n) is 3.47. The first kappa shape index (κ1) is 16.8. The smallest absolute Gasteiger partial charge is 0.187 e. The molecule has 0 spiro atoms. The third-order valence-electron chi connectivity index (χ3n) is 4.77. The molecule has 5 aromatic rings. The van der Waals surface area contributed by atoms with Gasteiger partial charge >= 0.3 is 0 Å². The summed E-state index contributed by atoms with van der Waals surface area (Å²) in [5.74, 6) is -0.150. The first-order chi connectivity index (χ1) is 14.2. The Morgan fingerprint density at radius 2 is 1.83 bits per heavy atom. The number of halogens is 1. The molecule has 0 bridgehead atoms. The van der Waals surface area contributed by atoms with Gasteiger partial charge in [0.25, 0.3) is 0 Å². The zero-order valence-corrected chi connectivity index (χ0v) is 15.0. The second kappa shape index (κ2) is 6.39. The zero-order valence-electron chi connectivity index (χ0n) is 15.0. The number of hydrogen-bond donors (Lipinski definition) is 1. The monoisotopic (exact) mass is 380 g/mol. The molecule has 0 fully saturated rings. The molecule has 0 saturated carbocycles. The van der Waals surface area contributed by atoms with Crippen LogP contribution in [0.2, 0.25) is 0 Å². The zero-order chi connectivity index (χ0) is 20.0. The Morgan fingerprint density at radius 1 is 1.00 bits per heavy atom. The van der Waals surface area contributed by atoms with Gasteiger partial charge in [-0.15, -0.1) is 0 Å². The highest BCUT2D eigenvalue weighted by atomic mass is 19.1. The van der Waals surface area contributed by atoms with E-state index in [9.17, 15) is 4.39 Å². The predicted octanol–water partition coefficient (Wildman–Crippen LogP) is 4.88. The molecule has 0 radical (unpaired) electrons. The van der Waals surface area contributed by atoms with E-state index in [1.165, 1.54) is 6.07 Å². The van der Waals surface area contributed by atoms with Crippen LogP contribution in [0, 0.1) is 12.4 Å². The van der Waals surface area contributed by atoms with Gasteiger partial charge in [-0.1, -0.05) is 30.3 Å². The van der Waals surface area contributed by atoms with Crippen LogP contribution in [0.1, 0.15) is 0 Å². The SMILES string of the molecule is [C-]#[N+]c1ccc(-c2nc(N)c3nccn3c2-c2cc(F)c3ncccc3c2)cc1. The van der Waals surface area contributed by atoms with Crippen molar-refractivity contribution in [2.45, 2.75) is 0 Å². The predicted molar refractivity (Wildman–Crippen MR) is 110 cm³/mol. The van der Waals surface area contributed by atoms with Gasteiger partial charge in [0.2, 0.25) is 0 Å². The second-order valence-electron chi connectivity index (χ2n) is 6.51. The molecule has 3 aromatic heterocycles. The van der Waals surface area contributed by atoms with Crippen molar-refractivity contribution in [3.05, 3.63) is 84.4 Å². The highest BCUT2D eigenvalue weighted by Crippen LogP contribution is 2.35. The lowest BCUT2D eigenvalue weighted by molar-refractivity contribution is 0.637. The molecule has 2 N–H and O–H groups in total. The lowest BCUT2D eigenvalue weighted by atomic mass is 10.0. The minimum absolute atomic E-state index is 0.269. The number of fused-ring (bicyclic) bond motifs is 2. The molecule has 6 nitrogen and oxygen atoms in total. The number of nitrogens with zero attached hydrogens (tertiary/aromatic N) is 5. The van der Waals surface area contributed by atoms with E-state index in [0.717, 1.165) is 5.56 Å². The third kappa shape index (κ3) is 2.66. The molecule has 0 amide bonds. The van der Waals surface area contributed by atoms with Gasteiger partial charge in [0.05, 0.1) is 18.0 Å². The van der Waals surface area contributed by atoms with Gasteiger partial charge in [-0.3, -0.25) is 9.38 Å². The van der Waals surface area contributed by atoms with Crippen LogP contribution >= 0.6 is 0 Å². The first-order valence-corrected chi connectivity index (χ1v) is 8.81. The van der Waals surface area contributed by atoms with Crippen molar-refractivity contribution >= 4 is 28.1 Å². The summed E-state index contributed by atoms with van der Waals surface area (Å²) in [6.45, 7) is 7.15. The Kier molecular flexibility index (Phi) is 3.71. The maximum absolute atomic E-state index is 14.8.